The van der Waals surface area contributed by atoms with Crippen molar-refractivity contribution >= 4 is 5.95 Å². The monoisotopic (exact) mass is 231 g/mol. The molecule has 2 rings (SSSR count). The van der Waals surface area contributed by atoms with Crippen molar-refractivity contribution in [2.24, 2.45) is 0 Å². The van der Waals surface area contributed by atoms with Crippen LogP contribution >= 0.6 is 0 Å². The fourth-order valence-electron chi connectivity index (χ4n) is 1.88. The number of nitrogens with two attached hydrogens (primary N) is 1. The third-order valence-corrected chi connectivity index (χ3v) is 2.83. The molecule has 0 saturated heterocycles. The maximum absolute atomic E-state index is 5.87. The summed E-state index contributed by atoms with van der Waals surface area (Å²) in [7, 11) is 1.68. The van der Waals surface area contributed by atoms with Gasteiger partial charge in [0.25, 0.3) is 0 Å². The van der Waals surface area contributed by atoms with Crippen molar-refractivity contribution in [1.82, 2.24) is 9.55 Å². The predicted octanol–water partition coefficient (Wildman–Crippen LogP) is 2.09. The highest BCUT2D eigenvalue weighted by Gasteiger charge is 2.10. The van der Waals surface area contributed by atoms with Crippen LogP contribution in [0.5, 0.6) is 0 Å². The second kappa shape index (κ2) is 5.01. The molecular weight excluding hydrogens is 214 g/mol. The number of hydrogen-bond acceptors (Lipinski definition) is 3. The van der Waals surface area contributed by atoms with Gasteiger partial charge in [-0.15, -0.1) is 0 Å². The fourth-order valence-corrected chi connectivity index (χ4v) is 1.88. The lowest BCUT2D eigenvalue weighted by molar-refractivity contribution is 0.188. The van der Waals surface area contributed by atoms with E-state index in [1.807, 2.05) is 22.9 Å². The van der Waals surface area contributed by atoms with Gasteiger partial charge in [-0.3, -0.25) is 0 Å². The van der Waals surface area contributed by atoms with Gasteiger partial charge in [0.15, 0.2) is 0 Å². The van der Waals surface area contributed by atoms with Gasteiger partial charge >= 0.3 is 0 Å². The van der Waals surface area contributed by atoms with Crippen molar-refractivity contribution in [3.05, 3.63) is 36.0 Å². The number of nitrogens with zero attached hydrogens (tertiary/aromatic N) is 2. The van der Waals surface area contributed by atoms with Gasteiger partial charge in [0.2, 0.25) is 5.95 Å². The van der Waals surface area contributed by atoms with Crippen molar-refractivity contribution in [3.63, 3.8) is 0 Å². The third kappa shape index (κ3) is 2.31. The molecule has 0 saturated carbocycles. The molecule has 0 aliphatic rings. The molecule has 0 amide bonds. The highest BCUT2D eigenvalue weighted by atomic mass is 16.5. The second-order valence-corrected chi connectivity index (χ2v) is 3.96. The first-order chi connectivity index (χ1) is 8.24. The Bertz CT molecular complexity index is 505. The Morgan fingerprint density at radius 1 is 1.35 bits per heavy atom. The van der Waals surface area contributed by atoms with E-state index in [1.165, 1.54) is 5.56 Å². The largest absolute Gasteiger partial charge is 0.383 e. The summed E-state index contributed by atoms with van der Waals surface area (Å²) in [6.45, 7) is 3.42. The Labute approximate surface area is 101 Å². The molecule has 0 fully saturated rings. The number of benzene rings is 1. The van der Waals surface area contributed by atoms with Crippen LogP contribution < -0.4 is 5.73 Å². The molecular formula is C13H17N3O. The standard InChI is InChI=1S/C13H17N3O/c1-10-5-3-4-6-11(10)12-9-15-13(14)16(12)7-8-17-2/h3-6,9H,7-8H2,1-2H3,(H2,14,15). The van der Waals surface area contributed by atoms with Crippen LogP contribution in [0.15, 0.2) is 30.5 Å². The first-order valence-electron chi connectivity index (χ1n) is 5.60. The summed E-state index contributed by atoms with van der Waals surface area (Å²) in [5, 5.41) is 0. The summed E-state index contributed by atoms with van der Waals surface area (Å²) in [5.74, 6) is 0.528. The number of hydrogen-bond donors (Lipinski definition) is 1. The normalized spacial score (nSPS) is 10.7. The summed E-state index contributed by atoms with van der Waals surface area (Å²) in [6.07, 6.45) is 1.81. The van der Waals surface area contributed by atoms with Crippen LogP contribution in [0.1, 0.15) is 5.56 Å². The number of methoxy groups -OCH3 is 1. The summed E-state index contributed by atoms with van der Waals surface area (Å²) in [4.78, 5) is 4.17. The molecule has 1 aromatic carbocycles. The molecule has 0 unspecified atom stereocenters. The quantitative estimate of drug-likeness (QED) is 0.876. The zero-order valence-electron chi connectivity index (χ0n) is 10.2. The van der Waals surface area contributed by atoms with Crippen molar-refractivity contribution in [2.45, 2.75) is 13.5 Å². The molecule has 17 heavy (non-hydrogen) atoms. The van der Waals surface area contributed by atoms with E-state index in [1.54, 1.807) is 7.11 Å². The number of anilines is 1. The van der Waals surface area contributed by atoms with Gasteiger partial charge in [-0.2, -0.15) is 0 Å². The molecule has 0 radical (unpaired) electrons. The van der Waals surface area contributed by atoms with E-state index >= 15 is 0 Å². The van der Waals surface area contributed by atoms with Gasteiger partial charge < -0.3 is 15.0 Å². The van der Waals surface area contributed by atoms with E-state index < -0.39 is 0 Å². The molecule has 1 heterocycles. The highest BCUT2D eigenvalue weighted by molar-refractivity contribution is 5.64. The van der Waals surface area contributed by atoms with Crippen LogP contribution in [0.3, 0.4) is 0 Å². The zero-order valence-corrected chi connectivity index (χ0v) is 10.2. The second-order valence-electron chi connectivity index (χ2n) is 3.96. The van der Waals surface area contributed by atoms with E-state index in [0.29, 0.717) is 19.1 Å². The number of rotatable bonds is 4. The first-order valence-corrected chi connectivity index (χ1v) is 5.60. The van der Waals surface area contributed by atoms with Gasteiger partial charge in [0, 0.05) is 19.2 Å². The Balaban J connectivity index is 2.42. The minimum atomic E-state index is 0.528. The lowest BCUT2D eigenvalue weighted by Crippen LogP contribution is -2.09. The Morgan fingerprint density at radius 3 is 2.82 bits per heavy atom. The smallest absolute Gasteiger partial charge is 0.200 e. The van der Waals surface area contributed by atoms with Gasteiger partial charge in [-0.1, -0.05) is 24.3 Å². The Kier molecular flexibility index (Phi) is 3.44. The molecule has 0 aliphatic carbocycles. The average molecular weight is 231 g/mol. The minimum absolute atomic E-state index is 0.528. The summed E-state index contributed by atoms with van der Waals surface area (Å²) < 4.78 is 7.07. The maximum atomic E-state index is 5.87. The summed E-state index contributed by atoms with van der Waals surface area (Å²) >= 11 is 0. The molecule has 1 aromatic heterocycles. The lowest BCUT2D eigenvalue weighted by Gasteiger charge is -2.11. The molecule has 90 valence electrons. The topological polar surface area (TPSA) is 53.1 Å². The van der Waals surface area contributed by atoms with Crippen LogP contribution in [0.4, 0.5) is 5.95 Å². The van der Waals surface area contributed by atoms with Crippen LogP contribution in [0.25, 0.3) is 11.3 Å². The summed E-state index contributed by atoms with van der Waals surface area (Å²) in [5.41, 5.74) is 9.28. The molecule has 4 nitrogen and oxygen atoms in total. The van der Waals surface area contributed by atoms with E-state index in [2.05, 4.69) is 24.0 Å². The number of aryl methyl sites for hydroxylation is 1. The molecule has 0 spiro atoms. The zero-order chi connectivity index (χ0) is 12.3. The molecule has 0 aliphatic heterocycles. The third-order valence-electron chi connectivity index (χ3n) is 2.83. The number of imidazole rings is 1. The van der Waals surface area contributed by atoms with Gasteiger partial charge in [-0.05, 0) is 12.5 Å². The van der Waals surface area contributed by atoms with Crippen LogP contribution in [-0.2, 0) is 11.3 Å². The lowest BCUT2D eigenvalue weighted by atomic mass is 10.1. The van der Waals surface area contributed by atoms with Crippen LogP contribution in [-0.4, -0.2) is 23.3 Å². The molecule has 4 heteroatoms. The van der Waals surface area contributed by atoms with Gasteiger partial charge in [-0.25, -0.2) is 4.98 Å². The van der Waals surface area contributed by atoms with Gasteiger partial charge in [0.1, 0.15) is 0 Å². The van der Waals surface area contributed by atoms with Crippen molar-refractivity contribution in [3.8, 4) is 11.3 Å². The van der Waals surface area contributed by atoms with E-state index in [-0.39, 0.29) is 0 Å². The molecule has 0 atom stereocenters. The highest BCUT2D eigenvalue weighted by Crippen LogP contribution is 2.24. The number of nitrogen functional groups attached to an aromatic ring is 1. The van der Waals surface area contributed by atoms with E-state index in [9.17, 15) is 0 Å². The first kappa shape index (κ1) is 11.7. The Morgan fingerprint density at radius 2 is 2.12 bits per heavy atom. The molecule has 0 bridgehead atoms. The maximum Gasteiger partial charge on any atom is 0.200 e. The number of aromatic nitrogens is 2. The molecule has 2 N–H and O–H groups in total. The van der Waals surface area contributed by atoms with Crippen molar-refractivity contribution in [1.29, 1.82) is 0 Å². The molecule has 2 aromatic rings. The predicted molar refractivity (Wildman–Crippen MR) is 68.7 cm³/mol. The number of ether oxygens (including phenoxy) is 1. The fraction of sp³-hybridized carbons (Fsp3) is 0.308. The Hall–Kier alpha value is -1.81. The average Bonchev–Trinajstić information content (AvgIpc) is 2.69. The van der Waals surface area contributed by atoms with E-state index in [4.69, 9.17) is 10.5 Å². The van der Waals surface area contributed by atoms with Crippen LogP contribution in [0, 0.1) is 6.92 Å². The SMILES string of the molecule is COCCn1c(-c2ccccc2C)cnc1N. The van der Waals surface area contributed by atoms with Crippen molar-refractivity contribution < 1.29 is 4.74 Å². The van der Waals surface area contributed by atoms with Crippen molar-refractivity contribution in [2.75, 3.05) is 19.5 Å². The van der Waals surface area contributed by atoms with Crippen LogP contribution in [0.2, 0.25) is 0 Å². The van der Waals surface area contributed by atoms with Gasteiger partial charge in [0.05, 0.1) is 18.5 Å². The summed E-state index contributed by atoms with van der Waals surface area (Å²) in [6, 6.07) is 8.21. The minimum Gasteiger partial charge on any atom is -0.383 e. The van der Waals surface area contributed by atoms with E-state index in [0.717, 1.165) is 11.3 Å².